The van der Waals surface area contributed by atoms with Gasteiger partial charge in [0.1, 0.15) is 17.6 Å². The van der Waals surface area contributed by atoms with Crippen molar-refractivity contribution in [2.24, 2.45) is 5.73 Å². The summed E-state index contributed by atoms with van der Waals surface area (Å²) >= 11 is 3.23. The predicted octanol–water partition coefficient (Wildman–Crippen LogP) is 2.99. The lowest BCUT2D eigenvalue weighted by atomic mass is 10.1. The average molecular weight is 256 g/mol. The molecule has 0 saturated carbocycles. The Morgan fingerprint density at radius 3 is 2.64 bits per heavy atom. The van der Waals surface area contributed by atoms with Crippen molar-refractivity contribution in [2.45, 2.75) is 13.0 Å². The molecule has 14 heavy (non-hydrogen) atoms. The first-order chi connectivity index (χ1) is 6.68. The molecule has 0 aliphatic rings. The standard InChI is InChI=1S/C10H10BrNO2/c1-6-4-5-13-10(6)9(12)7-2-3-8(11)14-7/h2-5,9H,12H2,1H3. The third-order valence-corrected chi connectivity index (χ3v) is 2.51. The van der Waals surface area contributed by atoms with E-state index in [-0.39, 0.29) is 6.04 Å². The molecular weight excluding hydrogens is 246 g/mol. The van der Waals surface area contributed by atoms with Crippen LogP contribution in [0.5, 0.6) is 0 Å². The number of furan rings is 2. The van der Waals surface area contributed by atoms with Crippen LogP contribution in [-0.2, 0) is 0 Å². The summed E-state index contributed by atoms with van der Waals surface area (Å²) in [5.41, 5.74) is 7.00. The molecule has 2 aromatic rings. The summed E-state index contributed by atoms with van der Waals surface area (Å²) in [4.78, 5) is 0. The van der Waals surface area contributed by atoms with Crippen LogP contribution < -0.4 is 5.73 Å². The molecule has 2 aromatic heterocycles. The molecule has 3 nitrogen and oxygen atoms in total. The van der Waals surface area contributed by atoms with E-state index >= 15 is 0 Å². The molecule has 2 N–H and O–H groups in total. The maximum Gasteiger partial charge on any atom is 0.169 e. The quantitative estimate of drug-likeness (QED) is 0.898. The molecule has 0 aromatic carbocycles. The first kappa shape index (κ1) is 9.55. The highest BCUT2D eigenvalue weighted by molar-refractivity contribution is 9.10. The van der Waals surface area contributed by atoms with Gasteiger partial charge in [0.2, 0.25) is 0 Å². The van der Waals surface area contributed by atoms with Gasteiger partial charge < -0.3 is 14.6 Å². The number of halogens is 1. The van der Waals surface area contributed by atoms with Crippen LogP contribution in [0.3, 0.4) is 0 Å². The number of hydrogen-bond acceptors (Lipinski definition) is 3. The van der Waals surface area contributed by atoms with Gasteiger partial charge in [-0.2, -0.15) is 0 Å². The fourth-order valence-corrected chi connectivity index (χ4v) is 1.65. The van der Waals surface area contributed by atoms with Crippen LogP contribution in [-0.4, -0.2) is 0 Å². The Balaban J connectivity index is 2.33. The highest BCUT2D eigenvalue weighted by Crippen LogP contribution is 2.26. The Morgan fingerprint density at radius 1 is 1.36 bits per heavy atom. The third kappa shape index (κ3) is 1.63. The highest BCUT2D eigenvalue weighted by Gasteiger charge is 2.17. The van der Waals surface area contributed by atoms with Crippen LogP contribution in [0.1, 0.15) is 23.1 Å². The van der Waals surface area contributed by atoms with Crippen molar-refractivity contribution in [3.8, 4) is 0 Å². The van der Waals surface area contributed by atoms with Gasteiger partial charge in [-0.3, -0.25) is 0 Å². The van der Waals surface area contributed by atoms with Crippen LogP contribution >= 0.6 is 15.9 Å². The van der Waals surface area contributed by atoms with E-state index in [0.29, 0.717) is 10.4 Å². The number of aryl methyl sites for hydroxylation is 1. The number of nitrogens with two attached hydrogens (primary N) is 1. The maximum atomic E-state index is 5.97. The minimum Gasteiger partial charge on any atom is -0.467 e. The van der Waals surface area contributed by atoms with Gasteiger partial charge in [-0.1, -0.05) is 0 Å². The van der Waals surface area contributed by atoms with E-state index in [4.69, 9.17) is 14.6 Å². The molecule has 0 bridgehead atoms. The Labute approximate surface area is 90.0 Å². The molecule has 2 rings (SSSR count). The van der Waals surface area contributed by atoms with Gasteiger partial charge in [-0.15, -0.1) is 0 Å². The molecule has 0 fully saturated rings. The van der Waals surface area contributed by atoms with E-state index in [2.05, 4.69) is 15.9 Å². The van der Waals surface area contributed by atoms with Gasteiger partial charge in [0.15, 0.2) is 4.67 Å². The monoisotopic (exact) mass is 255 g/mol. The molecular formula is C10H10BrNO2. The summed E-state index contributed by atoms with van der Waals surface area (Å²) in [7, 11) is 0. The second-order valence-electron chi connectivity index (χ2n) is 3.09. The van der Waals surface area contributed by atoms with Gasteiger partial charge >= 0.3 is 0 Å². The van der Waals surface area contributed by atoms with E-state index in [0.717, 1.165) is 11.3 Å². The van der Waals surface area contributed by atoms with Gasteiger partial charge in [-0.05, 0) is 46.6 Å². The molecule has 0 radical (unpaired) electrons. The molecule has 0 amide bonds. The first-order valence-electron chi connectivity index (χ1n) is 4.23. The topological polar surface area (TPSA) is 52.3 Å². The second kappa shape index (κ2) is 3.63. The fourth-order valence-electron chi connectivity index (χ4n) is 1.33. The highest BCUT2D eigenvalue weighted by atomic mass is 79.9. The van der Waals surface area contributed by atoms with Crippen molar-refractivity contribution in [1.82, 2.24) is 0 Å². The smallest absolute Gasteiger partial charge is 0.169 e. The van der Waals surface area contributed by atoms with E-state index in [1.165, 1.54) is 0 Å². The van der Waals surface area contributed by atoms with E-state index < -0.39 is 0 Å². The third-order valence-electron chi connectivity index (χ3n) is 2.08. The second-order valence-corrected chi connectivity index (χ2v) is 3.87. The Hall–Kier alpha value is -1.000. The van der Waals surface area contributed by atoms with E-state index in [1.54, 1.807) is 6.26 Å². The fraction of sp³-hybridized carbons (Fsp3) is 0.200. The summed E-state index contributed by atoms with van der Waals surface area (Å²) in [5, 5.41) is 0. The van der Waals surface area contributed by atoms with Crippen molar-refractivity contribution >= 4 is 15.9 Å². The lowest BCUT2D eigenvalue weighted by Gasteiger charge is -2.05. The minimum absolute atomic E-state index is 0.337. The molecule has 4 heteroatoms. The van der Waals surface area contributed by atoms with E-state index in [9.17, 15) is 0 Å². The lowest BCUT2D eigenvalue weighted by molar-refractivity contribution is 0.421. The Bertz CT molecular complexity index is 433. The van der Waals surface area contributed by atoms with E-state index in [1.807, 2.05) is 25.1 Å². The van der Waals surface area contributed by atoms with Crippen molar-refractivity contribution in [3.05, 3.63) is 46.2 Å². The zero-order valence-corrected chi connectivity index (χ0v) is 9.24. The number of rotatable bonds is 2. The minimum atomic E-state index is -0.337. The van der Waals surface area contributed by atoms with Crippen molar-refractivity contribution in [1.29, 1.82) is 0 Å². The summed E-state index contributed by atoms with van der Waals surface area (Å²) in [6.07, 6.45) is 1.63. The molecule has 0 aliphatic carbocycles. The SMILES string of the molecule is Cc1ccoc1C(N)c1ccc(Br)o1. The van der Waals surface area contributed by atoms with Gasteiger partial charge in [0.25, 0.3) is 0 Å². The van der Waals surface area contributed by atoms with Crippen molar-refractivity contribution in [2.75, 3.05) is 0 Å². The molecule has 1 atom stereocenters. The Morgan fingerprint density at radius 2 is 2.14 bits per heavy atom. The average Bonchev–Trinajstić information content (AvgIpc) is 2.73. The molecule has 74 valence electrons. The van der Waals surface area contributed by atoms with Crippen LogP contribution in [0.2, 0.25) is 0 Å². The molecule has 2 heterocycles. The van der Waals surface area contributed by atoms with Crippen LogP contribution in [0.4, 0.5) is 0 Å². The predicted molar refractivity (Wildman–Crippen MR) is 55.9 cm³/mol. The lowest BCUT2D eigenvalue weighted by Crippen LogP contribution is -2.10. The summed E-state index contributed by atoms with van der Waals surface area (Å²) < 4.78 is 11.3. The Kier molecular flexibility index (Phi) is 2.48. The van der Waals surface area contributed by atoms with Crippen LogP contribution in [0.25, 0.3) is 0 Å². The normalized spacial score (nSPS) is 13.1. The zero-order valence-electron chi connectivity index (χ0n) is 7.66. The molecule has 0 aliphatic heterocycles. The van der Waals surface area contributed by atoms with Crippen LogP contribution in [0, 0.1) is 6.92 Å². The van der Waals surface area contributed by atoms with Crippen LogP contribution in [0.15, 0.2) is 38.0 Å². The number of hydrogen-bond donors (Lipinski definition) is 1. The zero-order chi connectivity index (χ0) is 10.1. The molecule has 0 saturated heterocycles. The van der Waals surface area contributed by atoms with Gasteiger partial charge in [-0.25, -0.2) is 0 Å². The van der Waals surface area contributed by atoms with Gasteiger partial charge in [0.05, 0.1) is 6.26 Å². The summed E-state index contributed by atoms with van der Waals surface area (Å²) in [5.74, 6) is 1.43. The maximum absolute atomic E-state index is 5.97. The molecule has 1 unspecified atom stereocenters. The van der Waals surface area contributed by atoms with Crippen molar-refractivity contribution < 1.29 is 8.83 Å². The summed E-state index contributed by atoms with van der Waals surface area (Å²) in [6.45, 7) is 1.96. The van der Waals surface area contributed by atoms with Crippen molar-refractivity contribution in [3.63, 3.8) is 0 Å². The summed E-state index contributed by atoms with van der Waals surface area (Å²) in [6, 6.07) is 5.19. The largest absolute Gasteiger partial charge is 0.467 e. The molecule has 0 spiro atoms. The first-order valence-corrected chi connectivity index (χ1v) is 5.02. The van der Waals surface area contributed by atoms with Gasteiger partial charge in [0, 0.05) is 0 Å².